The molecule has 0 unspecified atom stereocenters. The first kappa shape index (κ1) is 30.7. The molecule has 0 amide bonds. The van der Waals surface area contributed by atoms with Gasteiger partial charge in [-0.15, -0.1) is 15.0 Å². The summed E-state index contributed by atoms with van der Waals surface area (Å²) in [4.78, 5) is 24.4. The minimum atomic E-state index is -4.38. The molecular formula is C32H30F3N3O6. The monoisotopic (exact) mass is 609 g/mol. The highest BCUT2D eigenvalue weighted by molar-refractivity contribution is 5.90. The molecule has 44 heavy (non-hydrogen) atoms. The summed E-state index contributed by atoms with van der Waals surface area (Å²) in [7, 11) is 2.73. The van der Waals surface area contributed by atoms with Gasteiger partial charge in [0.25, 0.3) is 0 Å². The maximum absolute atomic E-state index is 13.0. The molecule has 0 bridgehead atoms. The fourth-order valence-corrected chi connectivity index (χ4v) is 4.80. The first-order valence-corrected chi connectivity index (χ1v) is 13.9. The molecule has 230 valence electrons. The highest BCUT2D eigenvalue weighted by Gasteiger charge is 2.30. The molecule has 1 aliphatic rings. The molecule has 1 saturated heterocycles. The van der Waals surface area contributed by atoms with Crippen molar-refractivity contribution in [1.82, 2.24) is 15.0 Å². The minimum Gasteiger partial charge on any atom is -0.486 e. The van der Waals surface area contributed by atoms with E-state index in [1.807, 2.05) is 24.3 Å². The lowest BCUT2D eigenvalue weighted by molar-refractivity contribution is -0.137. The van der Waals surface area contributed by atoms with E-state index in [-0.39, 0.29) is 29.7 Å². The quantitative estimate of drug-likeness (QED) is 0.181. The number of methoxy groups -OCH3 is 2. The smallest absolute Gasteiger partial charge is 0.416 e. The van der Waals surface area contributed by atoms with Gasteiger partial charge in [-0.25, -0.2) is 4.79 Å². The second kappa shape index (κ2) is 13.7. The number of nitrogens with zero attached hydrogens (tertiary/aromatic N) is 3. The molecule has 3 aromatic carbocycles. The van der Waals surface area contributed by atoms with Crippen LogP contribution in [0.4, 0.5) is 13.2 Å². The van der Waals surface area contributed by atoms with Crippen LogP contribution in [0, 0.1) is 5.92 Å². The van der Waals surface area contributed by atoms with Crippen molar-refractivity contribution in [2.45, 2.75) is 31.5 Å². The summed E-state index contributed by atoms with van der Waals surface area (Å²) in [5.74, 6) is 0.255. The molecule has 9 nitrogen and oxygen atoms in total. The van der Waals surface area contributed by atoms with Gasteiger partial charge in [-0.3, -0.25) is 0 Å². The first-order chi connectivity index (χ1) is 21.2. The summed E-state index contributed by atoms with van der Waals surface area (Å²) in [6.45, 7) is 1.39. The molecule has 0 N–H and O–H groups in total. The summed E-state index contributed by atoms with van der Waals surface area (Å²) < 4.78 is 66.1. The Hall–Kier alpha value is -4.71. The van der Waals surface area contributed by atoms with Gasteiger partial charge < -0.3 is 23.7 Å². The summed E-state index contributed by atoms with van der Waals surface area (Å²) in [5.41, 5.74) is 1.96. The average Bonchev–Trinajstić information content (AvgIpc) is 3.04. The Labute approximate surface area is 251 Å². The lowest BCUT2D eigenvalue weighted by Gasteiger charge is -2.27. The largest absolute Gasteiger partial charge is 0.486 e. The van der Waals surface area contributed by atoms with E-state index in [0.717, 1.165) is 42.5 Å². The van der Waals surface area contributed by atoms with Gasteiger partial charge in [0.2, 0.25) is 0 Å². The molecular weight excluding hydrogens is 579 g/mol. The van der Waals surface area contributed by atoms with Gasteiger partial charge in [0, 0.05) is 13.2 Å². The Morgan fingerprint density at radius 1 is 0.818 bits per heavy atom. The number of ether oxygens (including phenoxy) is 5. The van der Waals surface area contributed by atoms with Crippen LogP contribution < -0.4 is 18.9 Å². The molecule has 0 spiro atoms. The maximum Gasteiger partial charge on any atom is 0.416 e. The number of rotatable bonds is 10. The lowest BCUT2D eigenvalue weighted by atomic mass is 9.90. The summed E-state index contributed by atoms with van der Waals surface area (Å²) in [6.07, 6.45) is -2.11. The molecule has 2 heterocycles. The molecule has 1 aromatic heterocycles. The fourth-order valence-electron chi connectivity index (χ4n) is 4.80. The van der Waals surface area contributed by atoms with Crippen LogP contribution in [0.25, 0.3) is 11.1 Å². The number of carbonyl (C=O) groups is 1. The summed E-state index contributed by atoms with van der Waals surface area (Å²) in [6, 6.07) is 18.8. The fraction of sp³-hybridized carbons (Fsp3) is 0.312. The number of hydrogen-bond donors (Lipinski definition) is 0. The maximum atomic E-state index is 13.0. The molecule has 12 heteroatoms. The summed E-state index contributed by atoms with van der Waals surface area (Å²) in [5, 5.41) is 0. The predicted octanol–water partition coefficient (Wildman–Crippen LogP) is 6.73. The number of carbonyl (C=O) groups excluding carboxylic acids is 1. The van der Waals surface area contributed by atoms with Crippen LogP contribution in [0.1, 0.15) is 46.9 Å². The predicted molar refractivity (Wildman–Crippen MR) is 153 cm³/mol. The minimum absolute atomic E-state index is 0.0636. The van der Waals surface area contributed by atoms with Crippen LogP contribution in [0.2, 0.25) is 0 Å². The van der Waals surface area contributed by atoms with Gasteiger partial charge in [-0.05, 0) is 78.3 Å². The highest BCUT2D eigenvalue weighted by Crippen LogP contribution is 2.34. The standard InChI is InChI=1S/C32H30F3N3O6/c1-40-29-36-30(41-2)38-31(37-29)44-28(39)24-9-13-26(14-10-24)43-27(19-20-15-17-42-18-16-20)23-5-3-21(4-6-23)22-7-11-25(12-8-22)32(33,34)35/h3-14,20,27H,15-19H2,1-2H3/t27-/m0/s1. The number of benzene rings is 3. The van der Waals surface area contributed by atoms with Gasteiger partial charge in [0.05, 0.1) is 25.3 Å². The third-order valence-electron chi connectivity index (χ3n) is 7.21. The zero-order valence-electron chi connectivity index (χ0n) is 24.0. The van der Waals surface area contributed by atoms with E-state index in [9.17, 15) is 18.0 Å². The molecule has 1 atom stereocenters. The molecule has 5 rings (SSSR count). The van der Waals surface area contributed by atoms with E-state index in [1.54, 1.807) is 24.3 Å². The third kappa shape index (κ3) is 7.81. The third-order valence-corrected chi connectivity index (χ3v) is 7.21. The number of halogens is 3. The van der Waals surface area contributed by atoms with Gasteiger partial charge >= 0.3 is 30.2 Å². The zero-order chi connectivity index (χ0) is 31.1. The topological polar surface area (TPSA) is 102 Å². The van der Waals surface area contributed by atoms with E-state index in [2.05, 4.69) is 15.0 Å². The number of aromatic nitrogens is 3. The van der Waals surface area contributed by atoms with Gasteiger partial charge in [0.15, 0.2) is 0 Å². The Kier molecular flexibility index (Phi) is 9.59. The van der Waals surface area contributed by atoms with E-state index in [4.69, 9.17) is 23.7 Å². The van der Waals surface area contributed by atoms with Gasteiger partial charge in [0.1, 0.15) is 11.9 Å². The average molecular weight is 610 g/mol. The number of hydrogen-bond acceptors (Lipinski definition) is 9. The van der Waals surface area contributed by atoms with E-state index in [1.165, 1.54) is 26.4 Å². The van der Waals surface area contributed by atoms with Crippen LogP contribution >= 0.6 is 0 Å². The first-order valence-electron chi connectivity index (χ1n) is 13.9. The van der Waals surface area contributed by atoms with E-state index < -0.39 is 17.7 Å². The second-order valence-electron chi connectivity index (χ2n) is 10.1. The van der Waals surface area contributed by atoms with Crippen LogP contribution in [-0.4, -0.2) is 48.4 Å². The van der Waals surface area contributed by atoms with Gasteiger partial charge in [-0.1, -0.05) is 36.4 Å². The van der Waals surface area contributed by atoms with E-state index >= 15 is 0 Å². The van der Waals surface area contributed by atoms with Crippen molar-refractivity contribution >= 4 is 5.97 Å². The Morgan fingerprint density at radius 2 is 1.36 bits per heavy atom. The SMILES string of the molecule is COc1nc(OC)nc(OC(=O)c2ccc(O[C@@H](CC3CCOCC3)c3ccc(-c4ccc(C(F)(F)F)cc4)cc3)cc2)n1. The van der Waals surface area contributed by atoms with Crippen molar-refractivity contribution in [1.29, 1.82) is 0 Å². The van der Waals surface area contributed by atoms with Crippen molar-refractivity contribution in [3.05, 3.63) is 89.5 Å². The zero-order valence-corrected chi connectivity index (χ0v) is 24.0. The van der Waals surface area contributed by atoms with Crippen LogP contribution in [-0.2, 0) is 10.9 Å². The van der Waals surface area contributed by atoms with Crippen molar-refractivity contribution in [3.8, 4) is 34.9 Å². The number of alkyl halides is 3. The van der Waals surface area contributed by atoms with Crippen LogP contribution in [0.3, 0.4) is 0 Å². The Bertz CT molecular complexity index is 1520. The van der Waals surface area contributed by atoms with Crippen LogP contribution in [0.15, 0.2) is 72.8 Å². The Morgan fingerprint density at radius 3 is 1.91 bits per heavy atom. The molecule has 0 radical (unpaired) electrons. The lowest BCUT2D eigenvalue weighted by Crippen LogP contribution is -2.20. The van der Waals surface area contributed by atoms with Crippen molar-refractivity contribution in [3.63, 3.8) is 0 Å². The van der Waals surface area contributed by atoms with Gasteiger partial charge in [-0.2, -0.15) is 13.2 Å². The molecule has 1 aliphatic heterocycles. The highest BCUT2D eigenvalue weighted by atomic mass is 19.4. The molecule has 4 aromatic rings. The molecule has 1 fully saturated rings. The van der Waals surface area contributed by atoms with E-state index in [0.29, 0.717) is 30.4 Å². The van der Waals surface area contributed by atoms with Crippen molar-refractivity contribution in [2.24, 2.45) is 5.92 Å². The molecule has 0 aliphatic carbocycles. The summed E-state index contributed by atoms with van der Waals surface area (Å²) >= 11 is 0. The van der Waals surface area contributed by atoms with Crippen molar-refractivity contribution in [2.75, 3.05) is 27.4 Å². The number of esters is 1. The van der Waals surface area contributed by atoms with Crippen molar-refractivity contribution < 1.29 is 41.7 Å². The second-order valence-corrected chi connectivity index (χ2v) is 10.1. The Balaban J connectivity index is 1.30. The van der Waals surface area contributed by atoms with Crippen LogP contribution in [0.5, 0.6) is 23.8 Å². The normalized spacial score (nSPS) is 14.5. The molecule has 0 saturated carbocycles.